The summed E-state index contributed by atoms with van der Waals surface area (Å²) in [6.45, 7) is 9.03. The molecule has 1 aliphatic carbocycles. The first-order chi connectivity index (χ1) is 12.9. The van der Waals surface area contributed by atoms with Gasteiger partial charge in [0, 0.05) is 24.5 Å². The zero-order valence-corrected chi connectivity index (χ0v) is 16.7. The third-order valence-electron chi connectivity index (χ3n) is 5.32. The summed E-state index contributed by atoms with van der Waals surface area (Å²) in [6.07, 6.45) is 1.24. The lowest BCUT2D eigenvalue weighted by Crippen LogP contribution is -2.47. The smallest absolute Gasteiger partial charge is 0.242 e. The van der Waals surface area contributed by atoms with Crippen LogP contribution in [0.5, 0.6) is 0 Å². The second kappa shape index (κ2) is 7.55. The number of rotatable bonds is 6. The van der Waals surface area contributed by atoms with Crippen LogP contribution in [0.15, 0.2) is 48.5 Å². The first-order valence-corrected chi connectivity index (χ1v) is 9.70. The minimum atomic E-state index is -0.917. The van der Waals surface area contributed by atoms with E-state index < -0.39 is 5.41 Å². The number of hydrogen-bond acceptors (Lipinski definition) is 2. The summed E-state index contributed by atoms with van der Waals surface area (Å²) in [4.78, 5) is 30.3. The average molecular weight is 364 g/mol. The van der Waals surface area contributed by atoms with E-state index in [9.17, 15) is 9.59 Å². The van der Waals surface area contributed by atoms with Crippen LogP contribution < -0.4 is 9.80 Å². The molecule has 0 aromatic heterocycles. The van der Waals surface area contributed by atoms with Gasteiger partial charge in [-0.25, -0.2) is 0 Å². The van der Waals surface area contributed by atoms with Crippen LogP contribution in [0, 0.1) is 19.3 Å². The van der Waals surface area contributed by atoms with Gasteiger partial charge in [-0.1, -0.05) is 24.3 Å². The Kier molecular flexibility index (Phi) is 5.36. The molecule has 1 saturated carbocycles. The van der Waals surface area contributed by atoms with Crippen LogP contribution in [0.1, 0.15) is 37.8 Å². The number of benzene rings is 2. The summed E-state index contributed by atoms with van der Waals surface area (Å²) >= 11 is 0. The monoisotopic (exact) mass is 364 g/mol. The van der Waals surface area contributed by atoms with Crippen molar-refractivity contribution in [1.82, 2.24) is 0 Å². The van der Waals surface area contributed by atoms with Crippen molar-refractivity contribution in [3.63, 3.8) is 0 Å². The van der Waals surface area contributed by atoms with E-state index >= 15 is 0 Å². The van der Waals surface area contributed by atoms with E-state index in [0.29, 0.717) is 25.9 Å². The predicted octanol–water partition coefficient (Wildman–Crippen LogP) is 4.49. The highest BCUT2D eigenvalue weighted by Gasteiger charge is 2.59. The zero-order valence-electron chi connectivity index (χ0n) is 16.7. The molecule has 4 nitrogen and oxygen atoms in total. The fourth-order valence-corrected chi connectivity index (χ4v) is 3.64. The molecule has 142 valence electrons. The molecule has 0 N–H and O–H groups in total. The summed E-state index contributed by atoms with van der Waals surface area (Å²) in [5.41, 5.74) is 3.01. The summed E-state index contributed by atoms with van der Waals surface area (Å²) < 4.78 is 0. The van der Waals surface area contributed by atoms with Crippen LogP contribution in [0.25, 0.3) is 0 Å². The SMILES string of the molecule is CCN(C(=O)C1(C(=O)N(CC)c2cccc(C)c2)CC1)c1cccc(C)c1. The average Bonchev–Trinajstić information content (AvgIpc) is 3.45. The summed E-state index contributed by atoms with van der Waals surface area (Å²) in [6, 6.07) is 15.8. The van der Waals surface area contributed by atoms with Crippen molar-refractivity contribution < 1.29 is 9.59 Å². The van der Waals surface area contributed by atoms with Gasteiger partial charge in [0.1, 0.15) is 5.41 Å². The molecule has 1 fully saturated rings. The quantitative estimate of drug-likeness (QED) is 0.709. The van der Waals surface area contributed by atoms with Gasteiger partial charge in [0.15, 0.2) is 0 Å². The Morgan fingerprint density at radius 2 is 1.22 bits per heavy atom. The molecular formula is C23H28N2O2. The molecule has 0 aliphatic heterocycles. The van der Waals surface area contributed by atoms with Crippen LogP contribution >= 0.6 is 0 Å². The molecule has 0 unspecified atom stereocenters. The molecule has 1 aliphatic rings. The van der Waals surface area contributed by atoms with Crippen molar-refractivity contribution in [1.29, 1.82) is 0 Å². The van der Waals surface area contributed by atoms with Crippen LogP contribution in [0.2, 0.25) is 0 Å². The Balaban J connectivity index is 1.90. The van der Waals surface area contributed by atoms with Gasteiger partial charge in [-0.05, 0) is 75.9 Å². The van der Waals surface area contributed by atoms with Gasteiger partial charge in [0.25, 0.3) is 0 Å². The Morgan fingerprint density at radius 1 is 0.815 bits per heavy atom. The normalized spacial score (nSPS) is 14.5. The molecule has 0 atom stereocenters. The number of carbonyl (C=O) groups excluding carboxylic acids is 2. The highest BCUT2D eigenvalue weighted by molar-refractivity contribution is 6.18. The van der Waals surface area contributed by atoms with E-state index in [1.807, 2.05) is 76.2 Å². The van der Waals surface area contributed by atoms with Crippen LogP contribution in [-0.4, -0.2) is 24.9 Å². The zero-order chi connectivity index (χ0) is 19.6. The number of nitrogens with zero attached hydrogens (tertiary/aromatic N) is 2. The van der Waals surface area contributed by atoms with Gasteiger partial charge in [0.05, 0.1) is 0 Å². The molecule has 0 spiro atoms. The van der Waals surface area contributed by atoms with Gasteiger partial charge in [0.2, 0.25) is 11.8 Å². The number of amides is 2. The van der Waals surface area contributed by atoms with Crippen LogP contribution in [0.4, 0.5) is 11.4 Å². The van der Waals surface area contributed by atoms with Crippen LogP contribution in [-0.2, 0) is 9.59 Å². The third kappa shape index (κ3) is 3.61. The van der Waals surface area contributed by atoms with Crippen LogP contribution in [0.3, 0.4) is 0 Å². The first-order valence-electron chi connectivity index (χ1n) is 9.70. The summed E-state index contributed by atoms with van der Waals surface area (Å²) in [5.74, 6) is -0.154. The minimum absolute atomic E-state index is 0.0771. The van der Waals surface area contributed by atoms with Gasteiger partial charge in [-0.15, -0.1) is 0 Å². The van der Waals surface area contributed by atoms with E-state index in [0.717, 1.165) is 22.5 Å². The van der Waals surface area contributed by atoms with Crippen molar-refractivity contribution in [2.24, 2.45) is 5.41 Å². The molecule has 0 heterocycles. The van der Waals surface area contributed by atoms with E-state index in [1.165, 1.54) is 0 Å². The van der Waals surface area contributed by atoms with Gasteiger partial charge < -0.3 is 9.80 Å². The maximum Gasteiger partial charge on any atom is 0.242 e. The van der Waals surface area contributed by atoms with Crippen molar-refractivity contribution in [3.05, 3.63) is 59.7 Å². The van der Waals surface area contributed by atoms with Crippen molar-refractivity contribution in [3.8, 4) is 0 Å². The molecule has 27 heavy (non-hydrogen) atoms. The standard InChI is InChI=1S/C23H28N2O2/c1-5-24(19-11-7-9-17(3)15-19)21(26)23(13-14-23)22(27)25(6-2)20-12-8-10-18(4)16-20/h7-12,15-16H,5-6,13-14H2,1-4H3. The van der Waals surface area contributed by atoms with E-state index in [-0.39, 0.29) is 11.8 Å². The van der Waals surface area contributed by atoms with Crippen molar-refractivity contribution in [2.45, 2.75) is 40.5 Å². The summed E-state index contributed by atoms with van der Waals surface area (Å²) in [5, 5.41) is 0. The lowest BCUT2D eigenvalue weighted by atomic mass is 10.0. The Labute approximate surface area is 161 Å². The molecule has 2 aromatic rings. The van der Waals surface area contributed by atoms with E-state index in [1.54, 1.807) is 9.80 Å². The number of carbonyl (C=O) groups is 2. The Hall–Kier alpha value is -2.62. The molecular weight excluding hydrogens is 336 g/mol. The van der Waals surface area contributed by atoms with E-state index in [2.05, 4.69) is 0 Å². The molecule has 2 aromatic carbocycles. The lowest BCUT2D eigenvalue weighted by Gasteiger charge is -2.30. The summed E-state index contributed by atoms with van der Waals surface area (Å²) in [7, 11) is 0. The molecule has 3 rings (SSSR count). The second-order valence-electron chi connectivity index (χ2n) is 7.36. The maximum absolute atomic E-state index is 13.4. The molecule has 0 saturated heterocycles. The predicted molar refractivity (Wildman–Crippen MR) is 110 cm³/mol. The maximum atomic E-state index is 13.4. The molecule has 4 heteroatoms. The van der Waals surface area contributed by atoms with Gasteiger partial charge >= 0.3 is 0 Å². The first kappa shape index (κ1) is 19.2. The highest BCUT2D eigenvalue weighted by Crippen LogP contribution is 2.50. The van der Waals surface area contributed by atoms with Crippen molar-refractivity contribution >= 4 is 23.2 Å². The molecule has 2 amide bonds. The van der Waals surface area contributed by atoms with E-state index in [4.69, 9.17) is 0 Å². The highest BCUT2D eigenvalue weighted by atomic mass is 16.2. The lowest BCUT2D eigenvalue weighted by molar-refractivity contribution is -0.134. The molecule has 0 bridgehead atoms. The largest absolute Gasteiger partial charge is 0.312 e. The molecule has 0 radical (unpaired) electrons. The Morgan fingerprint density at radius 3 is 1.52 bits per heavy atom. The fourth-order valence-electron chi connectivity index (χ4n) is 3.64. The number of hydrogen-bond donors (Lipinski definition) is 0. The second-order valence-corrected chi connectivity index (χ2v) is 7.36. The topological polar surface area (TPSA) is 40.6 Å². The third-order valence-corrected chi connectivity index (χ3v) is 5.32. The Bertz CT molecular complexity index is 787. The van der Waals surface area contributed by atoms with Gasteiger partial charge in [-0.2, -0.15) is 0 Å². The van der Waals surface area contributed by atoms with Gasteiger partial charge in [-0.3, -0.25) is 9.59 Å². The minimum Gasteiger partial charge on any atom is -0.312 e. The van der Waals surface area contributed by atoms with Crippen molar-refractivity contribution in [2.75, 3.05) is 22.9 Å². The fraction of sp³-hybridized carbons (Fsp3) is 0.391. The number of aryl methyl sites for hydroxylation is 2. The number of anilines is 2.